The monoisotopic (exact) mass is 385 g/mol. The topological polar surface area (TPSA) is 37.4 Å². The molecule has 1 rings (SSSR count). The van der Waals surface area contributed by atoms with Gasteiger partial charge in [0, 0.05) is 13.1 Å². The Balaban J connectivity index is 3.04. The van der Waals surface area contributed by atoms with Crippen LogP contribution in [0, 0.1) is 19.3 Å². The Labute approximate surface area is 165 Å². The Kier molecular flexibility index (Phi) is 9.28. The van der Waals surface area contributed by atoms with E-state index in [0.717, 1.165) is 24.0 Å². The zero-order valence-electron chi connectivity index (χ0n) is 17.1. The fourth-order valence-corrected chi connectivity index (χ4v) is 3.70. The van der Waals surface area contributed by atoms with Gasteiger partial charge in [0.1, 0.15) is 0 Å². The molecule has 3 nitrogen and oxygen atoms in total. The Hall–Kier alpha value is -2.09. The van der Waals surface area contributed by atoms with Gasteiger partial charge in [-0.1, -0.05) is 53.0 Å². The second-order valence-corrected chi connectivity index (χ2v) is 8.98. The quantitative estimate of drug-likeness (QED) is 0.430. The summed E-state index contributed by atoms with van der Waals surface area (Å²) in [5.41, 5.74) is 4.22. The highest BCUT2D eigenvalue weighted by Crippen LogP contribution is 2.17. The summed E-state index contributed by atoms with van der Waals surface area (Å²) in [6.45, 7) is 10.5. The van der Waals surface area contributed by atoms with E-state index < -0.39 is 10.0 Å². The first kappa shape index (κ1) is 23.0. The number of hydrogen-bond acceptors (Lipinski definition) is 2. The van der Waals surface area contributed by atoms with Crippen LogP contribution in [0.3, 0.4) is 0 Å². The normalized spacial score (nSPS) is 12.8. The van der Waals surface area contributed by atoms with Crippen LogP contribution in [0.4, 0.5) is 0 Å². The molecule has 0 saturated carbocycles. The van der Waals surface area contributed by atoms with Gasteiger partial charge in [-0.05, 0) is 65.2 Å². The molecule has 0 aliphatic heterocycles. The van der Waals surface area contributed by atoms with Crippen LogP contribution in [0.5, 0.6) is 0 Å². The van der Waals surface area contributed by atoms with Crippen LogP contribution in [0.15, 0.2) is 64.1 Å². The summed E-state index contributed by atoms with van der Waals surface area (Å²) >= 11 is 0. The van der Waals surface area contributed by atoms with Gasteiger partial charge in [0.2, 0.25) is 10.0 Å². The molecule has 0 heterocycles. The Morgan fingerprint density at radius 3 is 2.19 bits per heavy atom. The molecule has 1 aromatic carbocycles. The molecule has 0 aliphatic rings. The maximum Gasteiger partial charge on any atom is 0.243 e. The van der Waals surface area contributed by atoms with Crippen molar-refractivity contribution in [2.45, 2.75) is 52.4 Å². The summed E-state index contributed by atoms with van der Waals surface area (Å²) in [5.74, 6) is 2.54. The molecule has 0 spiro atoms. The van der Waals surface area contributed by atoms with Crippen LogP contribution in [0.2, 0.25) is 0 Å². The highest BCUT2D eigenvalue weighted by Gasteiger charge is 2.22. The van der Waals surface area contributed by atoms with Crippen molar-refractivity contribution in [3.05, 3.63) is 64.8 Å². The van der Waals surface area contributed by atoms with Crippen LogP contribution in [-0.2, 0) is 10.0 Å². The van der Waals surface area contributed by atoms with Crippen molar-refractivity contribution in [2.75, 3.05) is 13.1 Å². The lowest BCUT2D eigenvalue weighted by Crippen LogP contribution is -2.31. The highest BCUT2D eigenvalue weighted by atomic mass is 32.2. The van der Waals surface area contributed by atoms with Crippen molar-refractivity contribution in [3.63, 3.8) is 0 Å². The lowest BCUT2D eigenvalue weighted by molar-refractivity contribution is 0.472. The molecule has 0 bridgehead atoms. The van der Waals surface area contributed by atoms with E-state index in [9.17, 15) is 8.42 Å². The van der Waals surface area contributed by atoms with Crippen LogP contribution in [-0.4, -0.2) is 25.8 Å². The van der Waals surface area contributed by atoms with Crippen LogP contribution >= 0.6 is 0 Å². The van der Waals surface area contributed by atoms with Crippen molar-refractivity contribution >= 4 is 10.0 Å². The summed E-state index contributed by atoms with van der Waals surface area (Å²) in [4.78, 5) is 0.301. The number of aryl methyl sites for hydroxylation is 1. The minimum Gasteiger partial charge on any atom is -0.207 e. The molecule has 0 unspecified atom stereocenters. The first-order valence-corrected chi connectivity index (χ1v) is 10.6. The fraction of sp³-hybridized carbons (Fsp3) is 0.391. The zero-order chi connectivity index (χ0) is 20.4. The highest BCUT2D eigenvalue weighted by molar-refractivity contribution is 7.89. The van der Waals surface area contributed by atoms with E-state index in [-0.39, 0.29) is 6.54 Å². The van der Waals surface area contributed by atoms with Gasteiger partial charge < -0.3 is 0 Å². The van der Waals surface area contributed by atoms with Gasteiger partial charge >= 0.3 is 0 Å². The second kappa shape index (κ2) is 10.9. The molecule has 0 radical (unpaired) electrons. The first-order valence-electron chi connectivity index (χ1n) is 9.16. The van der Waals surface area contributed by atoms with E-state index in [1.807, 2.05) is 32.1 Å². The van der Waals surface area contributed by atoms with Crippen LogP contribution < -0.4 is 0 Å². The lowest BCUT2D eigenvalue weighted by Gasteiger charge is -2.20. The Bertz CT molecular complexity index is 847. The van der Waals surface area contributed by atoms with Gasteiger partial charge in [-0.3, -0.25) is 0 Å². The molecule has 0 amide bonds. The van der Waals surface area contributed by atoms with Crippen molar-refractivity contribution < 1.29 is 8.42 Å². The van der Waals surface area contributed by atoms with Gasteiger partial charge in [-0.2, -0.15) is 4.31 Å². The molecule has 27 heavy (non-hydrogen) atoms. The molecular weight excluding hydrogens is 354 g/mol. The van der Waals surface area contributed by atoms with E-state index in [4.69, 9.17) is 6.42 Å². The molecule has 1 aromatic rings. The lowest BCUT2D eigenvalue weighted by atomic mass is 10.1. The van der Waals surface area contributed by atoms with Crippen LogP contribution in [0.25, 0.3) is 0 Å². The number of terminal acetylenes is 1. The molecule has 0 saturated heterocycles. The van der Waals surface area contributed by atoms with E-state index in [2.05, 4.69) is 25.8 Å². The molecule has 0 aliphatic carbocycles. The van der Waals surface area contributed by atoms with E-state index in [1.54, 1.807) is 25.1 Å². The van der Waals surface area contributed by atoms with Crippen LogP contribution in [0.1, 0.15) is 46.1 Å². The third-order valence-electron chi connectivity index (χ3n) is 4.22. The number of nitrogens with zero attached hydrogens (tertiary/aromatic N) is 1. The largest absolute Gasteiger partial charge is 0.243 e. The summed E-state index contributed by atoms with van der Waals surface area (Å²) < 4.78 is 27.6. The molecular formula is C23H31NO2S. The molecule has 0 fully saturated rings. The van der Waals surface area contributed by atoms with E-state index in [1.165, 1.54) is 15.5 Å². The SMILES string of the molecule is C#C/C(C)=C\CN(C/C=C(\C)CCC=C(C)C)S(=O)(=O)c1ccc(C)cc1. The van der Waals surface area contributed by atoms with Crippen molar-refractivity contribution in [1.82, 2.24) is 4.31 Å². The predicted octanol–water partition coefficient (Wildman–Crippen LogP) is 5.26. The minimum absolute atomic E-state index is 0.254. The number of sulfonamides is 1. The fourth-order valence-electron chi connectivity index (χ4n) is 2.38. The summed E-state index contributed by atoms with van der Waals surface area (Å²) in [6.07, 6.45) is 13.2. The van der Waals surface area contributed by atoms with E-state index >= 15 is 0 Å². The predicted molar refractivity (Wildman–Crippen MR) is 115 cm³/mol. The van der Waals surface area contributed by atoms with E-state index in [0.29, 0.717) is 11.4 Å². The van der Waals surface area contributed by atoms with Crippen molar-refractivity contribution in [3.8, 4) is 12.3 Å². The molecule has 146 valence electrons. The number of hydrogen-bond donors (Lipinski definition) is 0. The van der Waals surface area contributed by atoms with Gasteiger partial charge in [-0.15, -0.1) is 6.42 Å². The average Bonchev–Trinajstić information content (AvgIpc) is 2.61. The zero-order valence-corrected chi connectivity index (χ0v) is 17.9. The standard InChI is InChI=1S/C23H31NO2S/c1-7-20(4)15-17-24(18-16-21(5)10-8-9-19(2)3)27(25,26)23-13-11-22(6)12-14-23/h1,9,11-16H,8,10,17-18H2,2-6H3/b20-15-,21-16+. The maximum atomic E-state index is 13.1. The molecule has 4 heteroatoms. The summed E-state index contributed by atoms with van der Waals surface area (Å²) in [6, 6.07) is 6.93. The minimum atomic E-state index is -3.59. The summed E-state index contributed by atoms with van der Waals surface area (Å²) in [7, 11) is -3.59. The molecule has 0 atom stereocenters. The number of benzene rings is 1. The first-order chi connectivity index (χ1) is 12.7. The third kappa shape index (κ3) is 7.99. The number of allylic oxidation sites excluding steroid dienone is 4. The second-order valence-electron chi connectivity index (χ2n) is 7.04. The van der Waals surface area contributed by atoms with Gasteiger partial charge in [0.05, 0.1) is 4.90 Å². The molecule has 0 aromatic heterocycles. The van der Waals surface area contributed by atoms with Gasteiger partial charge in [0.25, 0.3) is 0 Å². The van der Waals surface area contributed by atoms with Gasteiger partial charge in [-0.25, -0.2) is 8.42 Å². The number of rotatable bonds is 9. The smallest absolute Gasteiger partial charge is 0.207 e. The Morgan fingerprint density at radius 1 is 1.04 bits per heavy atom. The molecule has 0 N–H and O–H groups in total. The van der Waals surface area contributed by atoms with Crippen molar-refractivity contribution in [2.24, 2.45) is 0 Å². The Morgan fingerprint density at radius 2 is 1.63 bits per heavy atom. The van der Waals surface area contributed by atoms with Gasteiger partial charge in [0.15, 0.2) is 0 Å². The summed E-state index contributed by atoms with van der Waals surface area (Å²) in [5, 5.41) is 0. The average molecular weight is 386 g/mol. The third-order valence-corrected chi connectivity index (χ3v) is 6.07. The van der Waals surface area contributed by atoms with Crippen molar-refractivity contribution in [1.29, 1.82) is 0 Å². The maximum absolute atomic E-state index is 13.1.